The average molecular weight is 229 g/mol. The molecule has 0 radical (unpaired) electrons. The molecule has 6 nitrogen and oxygen atoms in total. The quantitative estimate of drug-likeness (QED) is 0.755. The number of aliphatic imine (C=N–C) groups is 1. The van der Waals surface area contributed by atoms with E-state index in [1.165, 1.54) is 6.34 Å². The molecule has 2 N–H and O–H groups in total. The highest BCUT2D eigenvalue weighted by Gasteiger charge is 2.27. The number of fused-ring (bicyclic) bond motifs is 1. The number of nitrogens with one attached hydrogen (secondary N) is 1. The van der Waals surface area contributed by atoms with Crippen molar-refractivity contribution in [2.45, 2.75) is 6.92 Å². The number of hydroxylamine groups is 2. The van der Waals surface area contributed by atoms with Crippen LogP contribution in [0.25, 0.3) is 0 Å². The summed E-state index contributed by atoms with van der Waals surface area (Å²) in [6.07, 6.45) is 8.25. The van der Waals surface area contributed by atoms with Gasteiger partial charge in [0.15, 0.2) is 0 Å². The Bertz CT molecular complexity index is 549. The summed E-state index contributed by atoms with van der Waals surface area (Å²) >= 11 is 0. The number of rotatable bonds is 1. The molecular formula is C11H11N5O. The summed E-state index contributed by atoms with van der Waals surface area (Å²) in [4.78, 5) is 8.05. The van der Waals surface area contributed by atoms with E-state index in [1.54, 1.807) is 24.8 Å². The van der Waals surface area contributed by atoms with E-state index < -0.39 is 0 Å². The zero-order valence-corrected chi connectivity index (χ0v) is 9.20. The number of nitrogens with zero attached hydrogens (tertiary/aromatic N) is 4. The van der Waals surface area contributed by atoms with Crippen LogP contribution in [0, 0.1) is 6.92 Å². The lowest BCUT2D eigenvalue weighted by atomic mass is 10.2. The predicted molar refractivity (Wildman–Crippen MR) is 62.9 cm³/mol. The summed E-state index contributed by atoms with van der Waals surface area (Å²) < 4.78 is 0. The summed E-state index contributed by atoms with van der Waals surface area (Å²) in [5.41, 5.74) is 6.52. The first kappa shape index (κ1) is 9.86. The first-order valence-electron chi connectivity index (χ1n) is 5.16. The molecule has 0 unspecified atom stereocenters. The van der Waals surface area contributed by atoms with Crippen LogP contribution >= 0.6 is 0 Å². The molecule has 0 bridgehead atoms. The lowest BCUT2D eigenvalue weighted by Gasteiger charge is -2.24. The Labute approximate surface area is 98.1 Å². The third kappa shape index (κ3) is 1.46. The van der Waals surface area contributed by atoms with Crippen molar-refractivity contribution in [3.05, 3.63) is 47.8 Å². The van der Waals surface area contributed by atoms with Gasteiger partial charge in [-0.25, -0.2) is 10.1 Å². The Morgan fingerprint density at radius 2 is 2.24 bits per heavy atom. The maximum Gasteiger partial charge on any atom is 0.121 e. The van der Waals surface area contributed by atoms with Crippen LogP contribution in [0.3, 0.4) is 0 Å². The second-order valence-corrected chi connectivity index (χ2v) is 3.78. The standard InChI is InChI=1S/C11H11N5O/c1-8-2-3-12-4-9(8)16-11-5-13-7-15(17)10(11)6-14-16/h2-7,14,17H,1H3. The fourth-order valence-electron chi connectivity index (χ4n) is 1.81. The molecule has 0 spiro atoms. The molecule has 0 aromatic carbocycles. The number of aryl methyl sites for hydroxylation is 1. The largest absolute Gasteiger partial charge is 0.299 e. The van der Waals surface area contributed by atoms with E-state index in [9.17, 15) is 5.21 Å². The highest BCUT2D eigenvalue weighted by Crippen LogP contribution is 2.30. The predicted octanol–water partition coefficient (Wildman–Crippen LogP) is 1.13. The lowest BCUT2D eigenvalue weighted by molar-refractivity contribution is 0.0309. The van der Waals surface area contributed by atoms with Crippen molar-refractivity contribution in [1.29, 1.82) is 0 Å². The van der Waals surface area contributed by atoms with E-state index in [4.69, 9.17) is 0 Å². The minimum absolute atomic E-state index is 0.656. The molecule has 17 heavy (non-hydrogen) atoms. The van der Waals surface area contributed by atoms with E-state index in [1.807, 2.05) is 18.0 Å². The molecule has 6 heteroatoms. The van der Waals surface area contributed by atoms with Gasteiger partial charge < -0.3 is 0 Å². The van der Waals surface area contributed by atoms with Crippen LogP contribution in [0.5, 0.6) is 0 Å². The van der Waals surface area contributed by atoms with E-state index >= 15 is 0 Å². The average Bonchev–Trinajstić information content (AvgIpc) is 2.75. The van der Waals surface area contributed by atoms with Gasteiger partial charge in [0, 0.05) is 12.4 Å². The number of aromatic nitrogens is 1. The van der Waals surface area contributed by atoms with Gasteiger partial charge in [-0.15, -0.1) is 0 Å². The van der Waals surface area contributed by atoms with Crippen LogP contribution < -0.4 is 10.4 Å². The van der Waals surface area contributed by atoms with E-state index in [2.05, 4.69) is 15.4 Å². The number of pyridine rings is 1. The van der Waals surface area contributed by atoms with Crippen molar-refractivity contribution < 1.29 is 5.21 Å². The maximum atomic E-state index is 9.61. The zero-order valence-electron chi connectivity index (χ0n) is 9.20. The normalized spacial score (nSPS) is 17.5. The Morgan fingerprint density at radius 1 is 1.35 bits per heavy atom. The summed E-state index contributed by atoms with van der Waals surface area (Å²) in [5, 5.41) is 12.4. The highest BCUT2D eigenvalue weighted by molar-refractivity contribution is 5.68. The van der Waals surface area contributed by atoms with Gasteiger partial charge in [-0.2, -0.15) is 0 Å². The fraction of sp³-hybridized carbons (Fsp3) is 0.0909. The van der Waals surface area contributed by atoms with Crippen molar-refractivity contribution in [2.75, 3.05) is 5.01 Å². The Balaban J connectivity index is 2.01. The van der Waals surface area contributed by atoms with Gasteiger partial charge in [-0.1, -0.05) is 0 Å². The summed E-state index contributed by atoms with van der Waals surface area (Å²) in [6, 6.07) is 1.93. The van der Waals surface area contributed by atoms with Crippen LogP contribution in [0.2, 0.25) is 0 Å². The molecule has 3 heterocycles. The monoisotopic (exact) mass is 229 g/mol. The summed E-state index contributed by atoms with van der Waals surface area (Å²) in [6.45, 7) is 2.00. The Morgan fingerprint density at radius 3 is 3.06 bits per heavy atom. The molecule has 0 atom stereocenters. The number of hydrazine groups is 1. The molecule has 1 aromatic heterocycles. The second kappa shape index (κ2) is 3.60. The van der Waals surface area contributed by atoms with E-state index in [0.717, 1.165) is 22.0 Å². The molecule has 0 saturated carbocycles. The molecule has 86 valence electrons. The molecular weight excluding hydrogens is 218 g/mol. The number of hydrogen-bond acceptors (Lipinski definition) is 6. The van der Waals surface area contributed by atoms with Crippen molar-refractivity contribution in [2.24, 2.45) is 4.99 Å². The number of hydrogen-bond donors (Lipinski definition) is 2. The third-order valence-corrected chi connectivity index (χ3v) is 2.71. The summed E-state index contributed by atoms with van der Waals surface area (Å²) in [5.74, 6) is 0. The fourth-order valence-corrected chi connectivity index (χ4v) is 1.81. The lowest BCUT2D eigenvalue weighted by Crippen LogP contribution is -2.31. The summed E-state index contributed by atoms with van der Waals surface area (Å²) in [7, 11) is 0. The van der Waals surface area contributed by atoms with Crippen LogP contribution in [0.1, 0.15) is 5.56 Å². The van der Waals surface area contributed by atoms with Crippen LogP contribution in [-0.2, 0) is 0 Å². The van der Waals surface area contributed by atoms with Gasteiger partial charge in [0.2, 0.25) is 0 Å². The zero-order chi connectivity index (χ0) is 11.8. The highest BCUT2D eigenvalue weighted by atomic mass is 16.5. The Kier molecular flexibility index (Phi) is 2.09. The second-order valence-electron chi connectivity index (χ2n) is 3.78. The van der Waals surface area contributed by atoms with Gasteiger partial charge in [0.05, 0.1) is 18.1 Å². The van der Waals surface area contributed by atoms with Crippen LogP contribution in [0.4, 0.5) is 5.69 Å². The maximum absolute atomic E-state index is 9.61. The first-order chi connectivity index (χ1) is 8.27. The van der Waals surface area contributed by atoms with Crippen molar-refractivity contribution in [1.82, 2.24) is 15.5 Å². The van der Waals surface area contributed by atoms with Gasteiger partial charge >= 0.3 is 0 Å². The van der Waals surface area contributed by atoms with Crippen LogP contribution in [0.15, 0.2) is 47.2 Å². The third-order valence-electron chi connectivity index (χ3n) is 2.71. The van der Waals surface area contributed by atoms with Crippen molar-refractivity contribution in [3.63, 3.8) is 0 Å². The first-order valence-corrected chi connectivity index (χ1v) is 5.16. The molecule has 0 saturated heterocycles. The molecule has 1 aromatic rings. The molecule has 0 fully saturated rings. The van der Waals surface area contributed by atoms with Crippen LogP contribution in [-0.4, -0.2) is 21.6 Å². The minimum atomic E-state index is 0.656. The van der Waals surface area contributed by atoms with Gasteiger partial charge in [-0.3, -0.25) is 20.6 Å². The molecule has 0 aliphatic carbocycles. The van der Waals surface area contributed by atoms with E-state index in [0.29, 0.717) is 5.70 Å². The molecule has 2 aliphatic rings. The van der Waals surface area contributed by atoms with Gasteiger partial charge in [-0.05, 0) is 18.6 Å². The van der Waals surface area contributed by atoms with E-state index in [-0.39, 0.29) is 0 Å². The van der Waals surface area contributed by atoms with Gasteiger partial charge in [0.1, 0.15) is 17.7 Å². The molecule has 2 aliphatic heterocycles. The smallest absolute Gasteiger partial charge is 0.121 e. The minimum Gasteiger partial charge on any atom is -0.299 e. The van der Waals surface area contributed by atoms with Crippen molar-refractivity contribution in [3.8, 4) is 0 Å². The molecule has 3 rings (SSSR count). The Hall–Kier alpha value is -2.34. The van der Waals surface area contributed by atoms with Gasteiger partial charge in [0.25, 0.3) is 0 Å². The number of anilines is 1. The topological polar surface area (TPSA) is 64.0 Å². The SMILES string of the molecule is Cc1ccncc1N1NC=C2C1=CN=CN2O. The van der Waals surface area contributed by atoms with Crippen molar-refractivity contribution >= 4 is 12.0 Å². The molecule has 0 amide bonds.